The van der Waals surface area contributed by atoms with Crippen molar-refractivity contribution >= 4 is 22.7 Å². The van der Waals surface area contributed by atoms with Gasteiger partial charge in [-0.05, 0) is 30.2 Å². The Labute approximate surface area is 145 Å². The third-order valence-electron chi connectivity index (χ3n) is 3.95. The number of fused-ring (bicyclic) bond motifs is 1. The van der Waals surface area contributed by atoms with E-state index in [1.54, 1.807) is 18.3 Å². The average Bonchev–Trinajstić information content (AvgIpc) is 3.03. The topological polar surface area (TPSA) is 86.9 Å². The molecule has 6 heteroatoms. The van der Waals surface area contributed by atoms with E-state index in [0.717, 1.165) is 11.9 Å². The Bertz CT molecular complexity index is 901. The molecule has 3 rings (SSSR count). The number of amides is 2. The van der Waals surface area contributed by atoms with Gasteiger partial charge in [-0.1, -0.05) is 18.2 Å². The van der Waals surface area contributed by atoms with Gasteiger partial charge in [0.25, 0.3) is 5.91 Å². The Kier molecular flexibility index (Phi) is 5.09. The third kappa shape index (κ3) is 4.23. The van der Waals surface area contributed by atoms with Crippen LogP contribution in [0, 0.1) is 0 Å². The quantitative estimate of drug-likeness (QED) is 0.645. The maximum Gasteiger partial charge on any atom is 0.251 e. The molecule has 0 aliphatic heterocycles. The van der Waals surface area contributed by atoms with Crippen molar-refractivity contribution in [1.82, 2.24) is 20.6 Å². The van der Waals surface area contributed by atoms with Crippen LogP contribution in [0.5, 0.6) is 0 Å². The van der Waals surface area contributed by atoms with Crippen molar-refractivity contribution in [2.75, 3.05) is 6.54 Å². The maximum absolute atomic E-state index is 12.3. The van der Waals surface area contributed by atoms with E-state index in [1.807, 2.05) is 24.4 Å². The van der Waals surface area contributed by atoms with Gasteiger partial charge in [-0.15, -0.1) is 0 Å². The molecule has 3 N–H and O–H groups in total. The van der Waals surface area contributed by atoms with Crippen molar-refractivity contribution in [3.63, 3.8) is 0 Å². The van der Waals surface area contributed by atoms with E-state index < -0.39 is 0 Å². The number of nitrogens with one attached hydrogen (secondary N) is 3. The number of carbonyl (C=O) groups is 2. The summed E-state index contributed by atoms with van der Waals surface area (Å²) in [4.78, 5) is 30.6. The number of rotatable bonds is 6. The van der Waals surface area contributed by atoms with Crippen LogP contribution in [0.1, 0.15) is 28.5 Å². The van der Waals surface area contributed by atoms with E-state index in [2.05, 4.69) is 26.7 Å². The van der Waals surface area contributed by atoms with Gasteiger partial charge >= 0.3 is 0 Å². The van der Waals surface area contributed by atoms with Crippen LogP contribution >= 0.6 is 0 Å². The number of hydrogen-bond donors (Lipinski definition) is 3. The van der Waals surface area contributed by atoms with Crippen molar-refractivity contribution in [3.05, 3.63) is 65.6 Å². The molecule has 0 aliphatic rings. The van der Waals surface area contributed by atoms with E-state index in [0.29, 0.717) is 24.3 Å². The molecular weight excluding hydrogens is 316 g/mol. The smallest absolute Gasteiger partial charge is 0.251 e. The Morgan fingerprint density at radius 3 is 2.84 bits per heavy atom. The highest BCUT2D eigenvalue weighted by Crippen LogP contribution is 2.17. The lowest BCUT2D eigenvalue weighted by atomic mass is 10.1. The first-order valence-electron chi connectivity index (χ1n) is 8.16. The van der Waals surface area contributed by atoms with Gasteiger partial charge in [0, 0.05) is 42.3 Å². The standard InChI is InChI=1S/C19H20N4O2/c1-13(24)22-12-16-10-14(6-8-20-16)19(25)21-9-7-15-11-23-18-5-3-2-4-17(15)18/h2-6,8,10-11,23H,7,9,12H2,1H3,(H,21,25)(H,22,24). The number of aromatic nitrogens is 2. The second-order valence-corrected chi connectivity index (χ2v) is 5.81. The number of hydrogen-bond acceptors (Lipinski definition) is 3. The van der Waals surface area contributed by atoms with E-state index in [9.17, 15) is 9.59 Å². The molecule has 1 aromatic carbocycles. The fourth-order valence-corrected chi connectivity index (χ4v) is 2.68. The van der Waals surface area contributed by atoms with E-state index in [1.165, 1.54) is 17.9 Å². The van der Waals surface area contributed by atoms with Crippen molar-refractivity contribution in [2.24, 2.45) is 0 Å². The monoisotopic (exact) mass is 336 g/mol. The van der Waals surface area contributed by atoms with Crippen LogP contribution in [0.3, 0.4) is 0 Å². The van der Waals surface area contributed by atoms with Crippen LogP contribution in [0.4, 0.5) is 0 Å². The molecular formula is C19H20N4O2. The molecule has 0 saturated carbocycles. The molecule has 0 saturated heterocycles. The summed E-state index contributed by atoms with van der Waals surface area (Å²) < 4.78 is 0. The molecule has 2 aromatic heterocycles. The first-order chi connectivity index (χ1) is 12.1. The van der Waals surface area contributed by atoms with Gasteiger partial charge < -0.3 is 15.6 Å². The third-order valence-corrected chi connectivity index (χ3v) is 3.95. The minimum Gasteiger partial charge on any atom is -0.361 e. The number of H-pyrrole nitrogens is 1. The number of aromatic amines is 1. The molecule has 25 heavy (non-hydrogen) atoms. The van der Waals surface area contributed by atoms with Crippen molar-refractivity contribution < 1.29 is 9.59 Å². The maximum atomic E-state index is 12.3. The minimum absolute atomic E-state index is 0.129. The number of pyridine rings is 1. The molecule has 3 aromatic rings. The van der Waals surface area contributed by atoms with Gasteiger partial charge in [0.1, 0.15) is 0 Å². The number of para-hydroxylation sites is 1. The zero-order valence-electron chi connectivity index (χ0n) is 14.0. The van der Waals surface area contributed by atoms with Gasteiger partial charge in [0.2, 0.25) is 5.91 Å². The lowest BCUT2D eigenvalue weighted by molar-refractivity contribution is -0.119. The molecule has 0 bridgehead atoms. The summed E-state index contributed by atoms with van der Waals surface area (Å²) in [6, 6.07) is 11.5. The van der Waals surface area contributed by atoms with Gasteiger partial charge in [-0.25, -0.2) is 0 Å². The molecule has 0 aliphatic carbocycles. The molecule has 0 spiro atoms. The first-order valence-corrected chi connectivity index (χ1v) is 8.16. The SMILES string of the molecule is CC(=O)NCc1cc(C(=O)NCCc2c[nH]c3ccccc23)ccn1. The zero-order valence-corrected chi connectivity index (χ0v) is 14.0. The number of carbonyl (C=O) groups excluding carboxylic acids is 2. The average molecular weight is 336 g/mol. The second kappa shape index (κ2) is 7.61. The minimum atomic E-state index is -0.147. The Morgan fingerprint density at radius 2 is 2.00 bits per heavy atom. The van der Waals surface area contributed by atoms with Crippen molar-refractivity contribution in [3.8, 4) is 0 Å². The second-order valence-electron chi connectivity index (χ2n) is 5.81. The fraction of sp³-hybridized carbons (Fsp3) is 0.211. The highest BCUT2D eigenvalue weighted by molar-refractivity contribution is 5.94. The van der Waals surface area contributed by atoms with Crippen LogP contribution in [0.25, 0.3) is 10.9 Å². The largest absolute Gasteiger partial charge is 0.361 e. The van der Waals surface area contributed by atoms with Crippen molar-refractivity contribution in [2.45, 2.75) is 19.9 Å². The summed E-state index contributed by atoms with van der Waals surface area (Å²) in [5.41, 5.74) is 3.46. The molecule has 6 nitrogen and oxygen atoms in total. The Hall–Kier alpha value is -3.15. The first kappa shape index (κ1) is 16.7. The summed E-state index contributed by atoms with van der Waals surface area (Å²) in [5, 5.41) is 6.78. The van der Waals surface area contributed by atoms with E-state index in [4.69, 9.17) is 0 Å². The van der Waals surface area contributed by atoms with Crippen molar-refractivity contribution in [1.29, 1.82) is 0 Å². The normalized spacial score (nSPS) is 10.6. The van der Waals surface area contributed by atoms with Crippen LogP contribution in [-0.2, 0) is 17.8 Å². The zero-order chi connectivity index (χ0) is 17.6. The van der Waals surface area contributed by atoms with E-state index in [-0.39, 0.29) is 11.8 Å². The van der Waals surface area contributed by atoms with Gasteiger partial charge in [0.15, 0.2) is 0 Å². The summed E-state index contributed by atoms with van der Waals surface area (Å²) >= 11 is 0. The predicted molar refractivity (Wildman–Crippen MR) is 96.1 cm³/mol. The lowest BCUT2D eigenvalue weighted by Crippen LogP contribution is -2.26. The van der Waals surface area contributed by atoms with Crippen LogP contribution in [0.15, 0.2) is 48.8 Å². The molecule has 0 fully saturated rings. The highest BCUT2D eigenvalue weighted by Gasteiger charge is 2.08. The van der Waals surface area contributed by atoms with E-state index >= 15 is 0 Å². The summed E-state index contributed by atoms with van der Waals surface area (Å²) in [6.07, 6.45) is 4.31. The lowest BCUT2D eigenvalue weighted by Gasteiger charge is -2.07. The summed E-state index contributed by atoms with van der Waals surface area (Å²) in [7, 11) is 0. The summed E-state index contributed by atoms with van der Waals surface area (Å²) in [6.45, 7) is 2.30. The molecule has 128 valence electrons. The van der Waals surface area contributed by atoms with Crippen LogP contribution in [-0.4, -0.2) is 28.3 Å². The van der Waals surface area contributed by atoms with Gasteiger partial charge in [-0.2, -0.15) is 0 Å². The van der Waals surface area contributed by atoms with Crippen LogP contribution < -0.4 is 10.6 Å². The van der Waals surface area contributed by atoms with Gasteiger partial charge in [-0.3, -0.25) is 14.6 Å². The molecule has 0 atom stereocenters. The van der Waals surface area contributed by atoms with Gasteiger partial charge in [0.05, 0.1) is 12.2 Å². The number of nitrogens with zero attached hydrogens (tertiary/aromatic N) is 1. The molecule has 0 radical (unpaired) electrons. The highest BCUT2D eigenvalue weighted by atomic mass is 16.2. The fourth-order valence-electron chi connectivity index (χ4n) is 2.68. The number of benzene rings is 1. The molecule has 0 unspecified atom stereocenters. The Morgan fingerprint density at radius 1 is 1.16 bits per heavy atom. The molecule has 2 amide bonds. The molecule has 2 heterocycles. The van der Waals surface area contributed by atoms with Crippen LogP contribution in [0.2, 0.25) is 0 Å². The predicted octanol–water partition coefficient (Wildman–Crippen LogP) is 2.17. The summed E-state index contributed by atoms with van der Waals surface area (Å²) in [5.74, 6) is -0.276. The Balaban J connectivity index is 1.57.